The molecule has 0 spiro atoms. The van der Waals surface area contributed by atoms with Crippen molar-refractivity contribution in [2.45, 2.75) is 70.2 Å². The number of nitrogens with zero attached hydrogens (tertiary/aromatic N) is 2. The predicted molar refractivity (Wildman–Crippen MR) is 185 cm³/mol. The van der Waals surface area contributed by atoms with Crippen molar-refractivity contribution in [2.24, 2.45) is 28.4 Å². The van der Waals surface area contributed by atoms with Gasteiger partial charge in [0.15, 0.2) is 5.96 Å². The maximum atomic E-state index is 13.7. The largest absolute Gasteiger partial charge is 0.454 e. The molecule has 2 saturated carbocycles. The first-order valence-electron chi connectivity index (χ1n) is 17.1. The van der Waals surface area contributed by atoms with Crippen LogP contribution in [0.25, 0.3) is 0 Å². The van der Waals surface area contributed by atoms with Gasteiger partial charge in [0, 0.05) is 42.9 Å². The molecule has 0 bridgehead atoms. The lowest BCUT2D eigenvalue weighted by Gasteiger charge is -2.62. The molecule has 3 fully saturated rings. The van der Waals surface area contributed by atoms with Crippen LogP contribution in [0.4, 0.5) is 11.5 Å². The number of guanidine groups is 1. The number of nitrogens with one attached hydrogen (secondary N) is 3. The van der Waals surface area contributed by atoms with E-state index < -0.39 is 23.7 Å². The molecule has 1 aromatic carbocycles. The molecule has 0 radical (unpaired) electrons. The summed E-state index contributed by atoms with van der Waals surface area (Å²) in [7, 11) is 0. The average Bonchev–Trinajstić information content (AvgIpc) is 3.45. The molecule has 1 aromatic heterocycles. The van der Waals surface area contributed by atoms with Crippen LogP contribution in [0, 0.1) is 28.1 Å². The molecule has 11 heteroatoms. The third-order valence-electron chi connectivity index (χ3n) is 11.6. The summed E-state index contributed by atoms with van der Waals surface area (Å²) in [4.78, 5) is 20.7. The highest BCUT2D eigenvalue weighted by Crippen LogP contribution is 2.62. The van der Waals surface area contributed by atoms with Crippen molar-refractivity contribution in [3.05, 3.63) is 78.0 Å². The van der Waals surface area contributed by atoms with Crippen LogP contribution in [0.5, 0.6) is 0 Å². The summed E-state index contributed by atoms with van der Waals surface area (Å²) in [5, 5.41) is 35.9. The second-order valence-electron chi connectivity index (χ2n) is 14.5. The van der Waals surface area contributed by atoms with E-state index in [0.29, 0.717) is 49.6 Å². The van der Waals surface area contributed by atoms with Gasteiger partial charge < -0.3 is 36.1 Å². The van der Waals surface area contributed by atoms with E-state index in [-0.39, 0.29) is 41.8 Å². The Kier molecular flexibility index (Phi) is 9.94. The molecule has 7 N–H and O–H groups in total. The Bertz CT molecular complexity index is 1510. The first-order valence-corrected chi connectivity index (χ1v) is 17.1. The molecule has 2 aliphatic heterocycles. The van der Waals surface area contributed by atoms with E-state index in [0.717, 1.165) is 37.1 Å². The molecule has 0 amide bonds. The van der Waals surface area contributed by atoms with Gasteiger partial charge >= 0.3 is 5.97 Å². The summed E-state index contributed by atoms with van der Waals surface area (Å²) in [6.07, 6.45) is 5.94. The number of aliphatic hydroxyl groups excluding tert-OH is 2. The normalized spacial score (nSPS) is 32.9. The van der Waals surface area contributed by atoms with Gasteiger partial charge in [0.25, 0.3) is 0 Å². The van der Waals surface area contributed by atoms with E-state index >= 15 is 0 Å². The van der Waals surface area contributed by atoms with Crippen molar-refractivity contribution in [3.63, 3.8) is 0 Å². The summed E-state index contributed by atoms with van der Waals surface area (Å²) in [5.74, 6) is 0.206. The van der Waals surface area contributed by atoms with Gasteiger partial charge in [-0.3, -0.25) is 10.3 Å². The highest BCUT2D eigenvalue weighted by molar-refractivity contribution is 5.93. The van der Waals surface area contributed by atoms with Crippen molar-refractivity contribution in [2.75, 3.05) is 43.5 Å². The number of aromatic nitrogens is 1. The number of hydrogen-bond acceptors (Lipinski definition) is 9. The number of nitrogens with two attached hydrogens (primary N) is 1. The van der Waals surface area contributed by atoms with Crippen LogP contribution in [-0.4, -0.2) is 89.2 Å². The first-order chi connectivity index (χ1) is 23.0. The molecule has 1 saturated heterocycles. The number of pyridine rings is 1. The molecule has 11 nitrogen and oxygen atoms in total. The molecule has 48 heavy (non-hydrogen) atoms. The Labute approximate surface area is 283 Å². The number of carbonyl (C=O) groups excluding carboxylic acids is 1. The van der Waals surface area contributed by atoms with Gasteiger partial charge in [0.1, 0.15) is 11.9 Å². The lowest BCUT2D eigenvalue weighted by Crippen LogP contribution is -2.62. The fourth-order valence-corrected chi connectivity index (χ4v) is 8.94. The minimum atomic E-state index is -0.660. The van der Waals surface area contributed by atoms with E-state index in [4.69, 9.17) is 27.2 Å². The fourth-order valence-electron chi connectivity index (χ4n) is 8.94. The van der Waals surface area contributed by atoms with Crippen LogP contribution in [0.15, 0.2) is 72.5 Å². The SMILES string of the molecule is C=C1C(N2CCOCC2)CC2[C@](C)(CC[C@@H](O)[C@@]2(C)CO)C1CC(Nc1ccccn1)C1=CC(Cc2ccc(NC(=N)N)cc2)OC1=O. The summed E-state index contributed by atoms with van der Waals surface area (Å²) < 4.78 is 11.6. The summed E-state index contributed by atoms with van der Waals surface area (Å²) in [5.41, 5.74) is 7.95. The molecule has 5 unspecified atom stereocenters. The number of morpholine rings is 1. The maximum absolute atomic E-state index is 13.7. The van der Waals surface area contributed by atoms with Gasteiger partial charge in [0.05, 0.1) is 37.5 Å². The molecule has 3 heterocycles. The van der Waals surface area contributed by atoms with Crippen molar-refractivity contribution in [1.29, 1.82) is 5.41 Å². The summed E-state index contributed by atoms with van der Waals surface area (Å²) in [6.45, 7) is 11.9. The second kappa shape index (κ2) is 14.0. The molecule has 6 rings (SSSR count). The molecule has 2 aromatic rings. The van der Waals surface area contributed by atoms with Crippen LogP contribution >= 0.6 is 0 Å². The van der Waals surface area contributed by atoms with Gasteiger partial charge in [-0.25, -0.2) is 9.78 Å². The van der Waals surface area contributed by atoms with Crippen molar-refractivity contribution >= 4 is 23.4 Å². The predicted octanol–water partition coefficient (Wildman–Crippen LogP) is 3.70. The van der Waals surface area contributed by atoms with Crippen LogP contribution in [0.3, 0.4) is 0 Å². The topological polar surface area (TPSA) is 166 Å². The monoisotopic (exact) mass is 658 g/mol. The smallest absolute Gasteiger partial charge is 0.336 e. The van der Waals surface area contributed by atoms with Gasteiger partial charge in [-0.1, -0.05) is 44.2 Å². The molecular formula is C37H50N6O5. The Balaban J connectivity index is 1.33. The zero-order valence-electron chi connectivity index (χ0n) is 28.0. The Hall–Kier alpha value is -3.77. The third kappa shape index (κ3) is 6.74. The van der Waals surface area contributed by atoms with E-state index in [1.807, 2.05) is 55.5 Å². The van der Waals surface area contributed by atoms with Crippen LogP contribution < -0.4 is 16.4 Å². The number of hydrogen-bond donors (Lipinski definition) is 6. The molecule has 4 aliphatic rings. The highest BCUT2D eigenvalue weighted by atomic mass is 16.5. The highest BCUT2D eigenvalue weighted by Gasteiger charge is 2.60. The fraction of sp³-hybridized carbons (Fsp3) is 0.541. The number of ether oxygens (including phenoxy) is 2. The summed E-state index contributed by atoms with van der Waals surface area (Å²) >= 11 is 0. The molecule has 2 aliphatic carbocycles. The average molecular weight is 659 g/mol. The van der Waals surface area contributed by atoms with Gasteiger partial charge in [0.2, 0.25) is 0 Å². The van der Waals surface area contributed by atoms with E-state index in [1.165, 1.54) is 0 Å². The van der Waals surface area contributed by atoms with Crippen LogP contribution in [0.2, 0.25) is 0 Å². The van der Waals surface area contributed by atoms with Gasteiger partial charge in [-0.05, 0) is 78.8 Å². The van der Waals surface area contributed by atoms with E-state index in [2.05, 4.69) is 27.4 Å². The van der Waals surface area contributed by atoms with Gasteiger partial charge in [-0.15, -0.1) is 0 Å². The zero-order valence-corrected chi connectivity index (χ0v) is 28.0. The minimum absolute atomic E-state index is 0.0160. The first kappa shape index (κ1) is 34.1. The summed E-state index contributed by atoms with van der Waals surface area (Å²) in [6, 6.07) is 12.9. The Morgan fingerprint density at radius 1 is 1.21 bits per heavy atom. The number of benzene rings is 1. The molecule has 8 atom stereocenters. The Morgan fingerprint density at radius 2 is 1.96 bits per heavy atom. The third-order valence-corrected chi connectivity index (χ3v) is 11.6. The Morgan fingerprint density at radius 3 is 2.62 bits per heavy atom. The van der Waals surface area contributed by atoms with Crippen molar-refractivity contribution in [1.82, 2.24) is 9.88 Å². The van der Waals surface area contributed by atoms with Crippen LogP contribution in [-0.2, 0) is 20.7 Å². The molecule has 258 valence electrons. The maximum Gasteiger partial charge on any atom is 0.336 e. The molecular weight excluding hydrogens is 608 g/mol. The number of esters is 1. The standard InChI is InChI=1S/C37H50N6O5/c1-23-28(36(2)12-11-32(45)37(3,22-44)31(36)21-30(23)43-14-16-47-17-15-43)20-29(42-33-6-4-5-13-40-33)27-19-26(48-34(27)46)18-24-7-9-25(10-8-24)41-35(38)39/h4-10,13,19,26,28-32,44-45H,1,11-12,14-18,20-22H2,2-3H3,(H,40,42)(H4,38,39,41)/t26?,28?,29?,30?,31?,32-,36-,37+/m1/s1. The number of rotatable bonds is 10. The van der Waals surface area contributed by atoms with E-state index in [9.17, 15) is 15.0 Å². The number of cyclic esters (lactones) is 1. The lowest BCUT2D eigenvalue weighted by atomic mass is 9.45. The van der Waals surface area contributed by atoms with Crippen molar-refractivity contribution in [3.8, 4) is 0 Å². The zero-order chi connectivity index (χ0) is 34.1. The second-order valence-corrected chi connectivity index (χ2v) is 14.5. The minimum Gasteiger partial charge on any atom is -0.454 e. The number of fused-ring (bicyclic) bond motifs is 1. The number of anilines is 2. The van der Waals surface area contributed by atoms with Crippen LogP contribution in [0.1, 0.15) is 45.1 Å². The van der Waals surface area contributed by atoms with Gasteiger partial charge in [-0.2, -0.15) is 0 Å². The number of aliphatic hydroxyl groups is 2. The lowest BCUT2D eigenvalue weighted by molar-refractivity contribution is -0.163. The van der Waals surface area contributed by atoms with Crippen molar-refractivity contribution < 1.29 is 24.5 Å². The van der Waals surface area contributed by atoms with E-state index in [1.54, 1.807) is 6.20 Å². The number of carbonyl (C=O) groups is 1. The quantitative estimate of drug-likeness (QED) is 0.0959.